The van der Waals surface area contributed by atoms with E-state index in [9.17, 15) is 18.0 Å². The SMILES string of the molecule is C=C(C(=O)OC)c1cc(C(F)(F)F)cc2ncn(-c3ccccc3)c12. The Morgan fingerprint density at radius 1 is 1.20 bits per heavy atom. The molecule has 0 saturated heterocycles. The van der Waals surface area contributed by atoms with Crippen LogP contribution in [0.15, 0.2) is 55.4 Å². The number of fused-ring (bicyclic) bond motifs is 1. The van der Waals surface area contributed by atoms with Crippen molar-refractivity contribution in [2.75, 3.05) is 7.11 Å². The Hall–Kier alpha value is -3.09. The standard InChI is InChI=1S/C18H13F3N2O2/c1-11(17(24)25-2)14-8-12(18(19,20)21)9-15-16(14)23(10-22-15)13-6-4-3-5-7-13/h3-10H,1H2,2H3. The van der Waals surface area contributed by atoms with Gasteiger partial charge in [-0.25, -0.2) is 9.78 Å². The minimum Gasteiger partial charge on any atom is -0.465 e. The summed E-state index contributed by atoms with van der Waals surface area (Å²) in [7, 11) is 1.15. The number of carbonyl (C=O) groups is 1. The molecule has 128 valence electrons. The van der Waals surface area contributed by atoms with Crippen molar-refractivity contribution in [1.82, 2.24) is 9.55 Å². The molecule has 1 heterocycles. The zero-order valence-corrected chi connectivity index (χ0v) is 13.2. The fourth-order valence-corrected chi connectivity index (χ4v) is 2.56. The molecule has 3 aromatic rings. The average molecular weight is 346 g/mol. The lowest BCUT2D eigenvalue weighted by molar-refractivity contribution is -0.137. The number of nitrogens with zero attached hydrogens (tertiary/aromatic N) is 2. The van der Waals surface area contributed by atoms with Crippen molar-refractivity contribution < 1.29 is 22.7 Å². The molecule has 1 aromatic heterocycles. The van der Waals surface area contributed by atoms with E-state index in [1.807, 2.05) is 6.07 Å². The van der Waals surface area contributed by atoms with Crippen molar-refractivity contribution >= 4 is 22.6 Å². The highest BCUT2D eigenvalue weighted by Crippen LogP contribution is 2.36. The molecular formula is C18H13F3N2O2. The van der Waals surface area contributed by atoms with Crippen molar-refractivity contribution in [3.8, 4) is 5.69 Å². The molecule has 3 rings (SSSR count). The molecule has 0 spiro atoms. The van der Waals surface area contributed by atoms with Crippen LogP contribution in [0.4, 0.5) is 13.2 Å². The second-order valence-corrected chi connectivity index (χ2v) is 5.31. The molecule has 0 bridgehead atoms. The fourth-order valence-electron chi connectivity index (χ4n) is 2.56. The van der Waals surface area contributed by atoms with E-state index in [1.165, 1.54) is 6.33 Å². The van der Waals surface area contributed by atoms with Gasteiger partial charge in [-0.2, -0.15) is 13.2 Å². The van der Waals surface area contributed by atoms with Gasteiger partial charge in [-0.3, -0.25) is 4.57 Å². The van der Waals surface area contributed by atoms with Crippen LogP contribution in [0.25, 0.3) is 22.3 Å². The largest absolute Gasteiger partial charge is 0.465 e. The number of esters is 1. The Balaban J connectivity index is 2.33. The molecule has 4 nitrogen and oxygen atoms in total. The van der Waals surface area contributed by atoms with E-state index in [2.05, 4.69) is 16.3 Å². The minimum atomic E-state index is -4.57. The van der Waals surface area contributed by atoms with Crippen molar-refractivity contribution in [3.63, 3.8) is 0 Å². The van der Waals surface area contributed by atoms with Gasteiger partial charge < -0.3 is 4.74 Å². The van der Waals surface area contributed by atoms with Crippen LogP contribution in [-0.4, -0.2) is 22.6 Å². The lowest BCUT2D eigenvalue weighted by Crippen LogP contribution is -2.09. The van der Waals surface area contributed by atoms with Crippen LogP contribution in [-0.2, 0) is 15.7 Å². The molecule has 0 atom stereocenters. The number of rotatable bonds is 3. The Bertz CT molecular complexity index is 960. The van der Waals surface area contributed by atoms with E-state index in [-0.39, 0.29) is 16.7 Å². The summed E-state index contributed by atoms with van der Waals surface area (Å²) in [4.78, 5) is 15.9. The predicted molar refractivity (Wildman–Crippen MR) is 87.1 cm³/mol. The molecule has 0 saturated carbocycles. The molecule has 0 radical (unpaired) electrons. The van der Waals surface area contributed by atoms with Crippen LogP contribution in [0.5, 0.6) is 0 Å². The third-order valence-corrected chi connectivity index (χ3v) is 3.76. The summed E-state index contributed by atoms with van der Waals surface area (Å²) in [6, 6.07) is 10.8. The van der Waals surface area contributed by atoms with Crippen molar-refractivity contribution in [2.24, 2.45) is 0 Å². The third kappa shape index (κ3) is 3.00. The summed E-state index contributed by atoms with van der Waals surface area (Å²) in [6.07, 6.45) is -3.16. The van der Waals surface area contributed by atoms with Crippen molar-refractivity contribution in [3.05, 3.63) is 66.5 Å². The number of ether oxygens (including phenoxy) is 1. The summed E-state index contributed by atoms with van der Waals surface area (Å²) >= 11 is 0. The Kier molecular flexibility index (Phi) is 4.08. The smallest absolute Gasteiger partial charge is 0.416 e. The molecular weight excluding hydrogens is 333 g/mol. The van der Waals surface area contributed by atoms with Gasteiger partial charge in [0.05, 0.1) is 29.3 Å². The predicted octanol–water partition coefficient (Wildman–Crippen LogP) is 4.23. The van der Waals surface area contributed by atoms with Gasteiger partial charge >= 0.3 is 12.1 Å². The summed E-state index contributed by atoms with van der Waals surface area (Å²) in [5, 5.41) is 0. The molecule has 0 aliphatic heterocycles. The van der Waals surface area contributed by atoms with Gasteiger partial charge in [-0.15, -0.1) is 0 Å². The maximum Gasteiger partial charge on any atom is 0.416 e. The zero-order chi connectivity index (χ0) is 18.2. The second-order valence-electron chi connectivity index (χ2n) is 5.31. The average Bonchev–Trinajstić information content (AvgIpc) is 3.03. The van der Waals surface area contributed by atoms with Gasteiger partial charge in [0, 0.05) is 11.3 Å². The molecule has 0 N–H and O–H groups in total. The van der Waals surface area contributed by atoms with Gasteiger partial charge in [0.2, 0.25) is 0 Å². The molecule has 0 fully saturated rings. The number of carbonyl (C=O) groups excluding carboxylic acids is 1. The number of hydrogen-bond donors (Lipinski definition) is 0. The first-order valence-corrected chi connectivity index (χ1v) is 7.24. The van der Waals surface area contributed by atoms with E-state index in [1.54, 1.807) is 28.8 Å². The highest BCUT2D eigenvalue weighted by atomic mass is 19.4. The monoisotopic (exact) mass is 346 g/mol. The number of alkyl halides is 3. The van der Waals surface area contributed by atoms with E-state index in [4.69, 9.17) is 0 Å². The second kappa shape index (κ2) is 6.08. The normalized spacial score (nSPS) is 11.5. The maximum absolute atomic E-state index is 13.2. The van der Waals surface area contributed by atoms with E-state index in [0.717, 1.165) is 19.2 Å². The van der Waals surface area contributed by atoms with Crippen LogP contribution < -0.4 is 0 Å². The Labute approximate surface area is 141 Å². The summed E-state index contributed by atoms with van der Waals surface area (Å²) in [5.74, 6) is -0.804. The van der Waals surface area contributed by atoms with E-state index >= 15 is 0 Å². The van der Waals surface area contributed by atoms with Gasteiger partial charge in [0.25, 0.3) is 0 Å². The zero-order valence-electron chi connectivity index (χ0n) is 13.2. The van der Waals surface area contributed by atoms with Crippen LogP contribution >= 0.6 is 0 Å². The molecule has 0 aliphatic rings. The number of aromatic nitrogens is 2. The van der Waals surface area contributed by atoms with Crippen LogP contribution in [0.2, 0.25) is 0 Å². The summed E-state index contributed by atoms with van der Waals surface area (Å²) in [5.41, 5.74) is 0.115. The third-order valence-electron chi connectivity index (χ3n) is 3.76. The molecule has 25 heavy (non-hydrogen) atoms. The topological polar surface area (TPSA) is 44.1 Å². The molecule has 7 heteroatoms. The number of benzene rings is 2. The Morgan fingerprint density at radius 2 is 1.88 bits per heavy atom. The first kappa shape index (κ1) is 16.8. The quantitative estimate of drug-likeness (QED) is 0.527. The summed E-state index contributed by atoms with van der Waals surface area (Å²) < 4.78 is 45.8. The molecule has 0 unspecified atom stereocenters. The van der Waals surface area contributed by atoms with E-state index in [0.29, 0.717) is 11.2 Å². The van der Waals surface area contributed by atoms with Gasteiger partial charge in [0.15, 0.2) is 0 Å². The lowest BCUT2D eigenvalue weighted by Gasteiger charge is -2.13. The number of para-hydroxylation sites is 1. The van der Waals surface area contributed by atoms with E-state index < -0.39 is 17.7 Å². The lowest BCUT2D eigenvalue weighted by atomic mass is 10.0. The van der Waals surface area contributed by atoms with Gasteiger partial charge in [0.1, 0.15) is 6.33 Å². The highest BCUT2D eigenvalue weighted by Gasteiger charge is 2.33. The first-order valence-electron chi connectivity index (χ1n) is 7.24. The summed E-state index contributed by atoms with van der Waals surface area (Å²) in [6.45, 7) is 3.60. The van der Waals surface area contributed by atoms with Crippen LogP contribution in [0.1, 0.15) is 11.1 Å². The minimum absolute atomic E-state index is 0.0260. The van der Waals surface area contributed by atoms with Crippen LogP contribution in [0, 0.1) is 0 Å². The molecule has 0 aliphatic carbocycles. The van der Waals surface area contributed by atoms with Crippen molar-refractivity contribution in [1.29, 1.82) is 0 Å². The van der Waals surface area contributed by atoms with Crippen LogP contribution in [0.3, 0.4) is 0 Å². The highest BCUT2D eigenvalue weighted by molar-refractivity contribution is 6.19. The molecule has 0 amide bonds. The maximum atomic E-state index is 13.2. The van der Waals surface area contributed by atoms with Gasteiger partial charge in [-0.05, 0) is 24.3 Å². The fraction of sp³-hybridized carbons (Fsp3) is 0.111. The number of imidazole rings is 1. The molecule has 2 aromatic carbocycles. The number of hydrogen-bond acceptors (Lipinski definition) is 3. The Morgan fingerprint density at radius 3 is 2.48 bits per heavy atom. The number of halogens is 3. The first-order chi connectivity index (χ1) is 11.8. The number of methoxy groups -OCH3 is 1. The van der Waals surface area contributed by atoms with Gasteiger partial charge in [-0.1, -0.05) is 24.8 Å². The van der Waals surface area contributed by atoms with Crippen molar-refractivity contribution in [2.45, 2.75) is 6.18 Å².